The van der Waals surface area contributed by atoms with Gasteiger partial charge in [0.05, 0.1) is 13.2 Å². The molecule has 1 unspecified atom stereocenters. The lowest BCUT2D eigenvalue weighted by Crippen LogP contribution is -2.19. The van der Waals surface area contributed by atoms with Gasteiger partial charge in [0.15, 0.2) is 0 Å². The average molecular weight is 267 g/mol. The maximum atomic E-state index is 5.50. The molecule has 0 saturated carbocycles. The molecule has 0 fully saturated rings. The summed E-state index contributed by atoms with van der Waals surface area (Å²) in [5.41, 5.74) is 6.79. The summed E-state index contributed by atoms with van der Waals surface area (Å²) in [5, 5.41) is 3.44. The summed E-state index contributed by atoms with van der Waals surface area (Å²) < 4.78 is 5.50. The third kappa shape index (κ3) is 2.62. The molecule has 1 aliphatic heterocycles. The Hall–Kier alpha value is -1.64. The number of ether oxygens (including phenoxy) is 1. The fourth-order valence-corrected chi connectivity index (χ4v) is 2.85. The Balaban J connectivity index is 1.85. The number of fused-ring (bicyclic) bond motifs is 1. The topological polar surface area (TPSA) is 21.3 Å². The van der Waals surface area contributed by atoms with E-state index in [1.54, 1.807) is 0 Å². The number of rotatable bonds is 4. The maximum Gasteiger partial charge on any atom is 0.0725 e. The number of nitrogens with one attached hydrogen (secondary N) is 1. The molecule has 1 atom stereocenters. The van der Waals surface area contributed by atoms with Gasteiger partial charge in [-0.05, 0) is 48.2 Å². The first-order valence-electron chi connectivity index (χ1n) is 7.19. The summed E-state index contributed by atoms with van der Waals surface area (Å²) in [6.07, 6.45) is 1.02. The highest BCUT2D eigenvalue weighted by Crippen LogP contribution is 2.26. The lowest BCUT2D eigenvalue weighted by Gasteiger charge is -2.19. The first-order valence-corrected chi connectivity index (χ1v) is 7.19. The first kappa shape index (κ1) is 13.3. The Morgan fingerprint density at radius 2 is 1.90 bits per heavy atom. The fraction of sp³-hybridized carbons (Fsp3) is 0.333. The van der Waals surface area contributed by atoms with Crippen LogP contribution in [-0.4, -0.2) is 7.05 Å². The van der Waals surface area contributed by atoms with Gasteiger partial charge in [-0.3, -0.25) is 0 Å². The molecule has 1 N–H and O–H groups in total. The zero-order chi connectivity index (χ0) is 13.9. The SMILES string of the molecule is CNC(Cc1ccccc1C)c1ccc2c(c1)COC2. The summed E-state index contributed by atoms with van der Waals surface area (Å²) in [7, 11) is 2.03. The first-order chi connectivity index (χ1) is 9.78. The number of aryl methyl sites for hydroxylation is 1. The molecule has 20 heavy (non-hydrogen) atoms. The second-order valence-corrected chi connectivity index (χ2v) is 5.49. The van der Waals surface area contributed by atoms with Gasteiger partial charge in [-0.1, -0.05) is 42.5 Å². The van der Waals surface area contributed by atoms with Gasteiger partial charge in [-0.15, -0.1) is 0 Å². The van der Waals surface area contributed by atoms with Crippen molar-refractivity contribution in [2.24, 2.45) is 0 Å². The Labute approximate surface area is 120 Å². The molecular formula is C18H21NO. The number of likely N-dealkylation sites (N-methyl/N-ethyl adjacent to an activating group) is 1. The van der Waals surface area contributed by atoms with Gasteiger partial charge in [-0.25, -0.2) is 0 Å². The summed E-state index contributed by atoms with van der Waals surface area (Å²) >= 11 is 0. The third-order valence-electron chi connectivity index (χ3n) is 4.18. The molecule has 2 nitrogen and oxygen atoms in total. The van der Waals surface area contributed by atoms with Crippen LogP contribution >= 0.6 is 0 Å². The molecule has 2 aromatic rings. The molecule has 1 aliphatic rings. The van der Waals surface area contributed by atoms with Gasteiger partial charge in [0.1, 0.15) is 0 Å². The molecule has 0 spiro atoms. The highest BCUT2D eigenvalue weighted by Gasteiger charge is 2.16. The van der Waals surface area contributed by atoms with Gasteiger partial charge in [0, 0.05) is 6.04 Å². The van der Waals surface area contributed by atoms with Gasteiger partial charge in [0.25, 0.3) is 0 Å². The van der Waals surface area contributed by atoms with Gasteiger partial charge in [-0.2, -0.15) is 0 Å². The minimum absolute atomic E-state index is 0.349. The van der Waals surface area contributed by atoms with E-state index in [2.05, 4.69) is 54.7 Å². The molecular weight excluding hydrogens is 246 g/mol. The van der Waals surface area contributed by atoms with E-state index in [1.165, 1.54) is 27.8 Å². The van der Waals surface area contributed by atoms with Crippen molar-refractivity contribution in [1.29, 1.82) is 0 Å². The number of benzene rings is 2. The van der Waals surface area contributed by atoms with Crippen molar-refractivity contribution in [2.45, 2.75) is 32.6 Å². The lowest BCUT2D eigenvalue weighted by atomic mass is 9.94. The molecule has 0 radical (unpaired) electrons. The molecule has 0 aromatic heterocycles. The molecule has 2 heteroatoms. The van der Waals surface area contributed by atoms with Gasteiger partial charge in [0.2, 0.25) is 0 Å². The van der Waals surface area contributed by atoms with Crippen LogP contribution in [0.15, 0.2) is 42.5 Å². The molecule has 104 valence electrons. The van der Waals surface area contributed by atoms with Crippen molar-refractivity contribution >= 4 is 0 Å². The smallest absolute Gasteiger partial charge is 0.0725 e. The second-order valence-electron chi connectivity index (χ2n) is 5.49. The molecule has 1 heterocycles. The number of hydrogen-bond acceptors (Lipinski definition) is 2. The van der Waals surface area contributed by atoms with E-state index < -0.39 is 0 Å². The predicted octanol–water partition coefficient (Wildman–Crippen LogP) is 3.53. The van der Waals surface area contributed by atoms with Crippen molar-refractivity contribution in [2.75, 3.05) is 7.05 Å². The minimum atomic E-state index is 0.349. The van der Waals surface area contributed by atoms with Crippen LogP contribution in [0, 0.1) is 6.92 Å². The number of hydrogen-bond donors (Lipinski definition) is 1. The Kier molecular flexibility index (Phi) is 3.86. The average Bonchev–Trinajstić information content (AvgIpc) is 2.94. The van der Waals surface area contributed by atoms with Crippen LogP contribution in [0.1, 0.15) is 33.9 Å². The zero-order valence-electron chi connectivity index (χ0n) is 12.1. The van der Waals surface area contributed by atoms with E-state index in [1.807, 2.05) is 7.05 Å². The summed E-state index contributed by atoms with van der Waals surface area (Å²) in [4.78, 5) is 0. The van der Waals surface area contributed by atoms with Gasteiger partial charge >= 0.3 is 0 Å². The second kappa shape index (κ2) is 5.78. The van der Waals surface area contributed by atoms with Crippen LogP contribution in [0.3, 0.4) is 0 Å². The predicted molar refractivity (Wildman–Crippen MR) is 81.6 cm³/mol. The van der Waals surface area contributed by atoms with E-state index in [4.69, 9.17) is 4.74 Å². The normalized spacial score (nSPS) is 15.1. The standard InChI is InChI=1S/C18H21NO/c1-13-5-3-4-6-14(13)10-18(19-2)15-7-8-16-11-20-12-17(16)9-15/h3-9,18-19H,10-12H2,1-2H3. The van der Waals surface area contributed by atoms with Crippen molar-refractivity contribution < 1.29 is 4.74 Å². The minimum Gasteiger partial charge on any atom is -0.372 e. The van der Waals surface area contributed by atoms with Crippen LogP contribution in [0.4, 0.5) is 0 Å². The summed E-state index contributed by atoms with van der Waals surface area (Å²) in [6.45, 7) is 3.69. The molecule has 3 rings (SSSR count). The van der Waals surface area contributed by atoms with Crippen LogP contribution in [-0.2, 0) is 24.4 Å². The maximum absolute atomic E-state index is 5.50. The fourth-order valence-electron chi connectivity index (χ4n) is 2.85. The van der Waals surface area contributed by atoms with Crippen LogP contribution in [0.5, 0.6) is 0 Å². The Morgan fingerprint density at radius 1 is 1.10 bits per heavy atom. The van der Waals surface area contributed by atoms with Crippen molar-refractivity contribution in [1.82, 2.24) is 5.32 Å². The van der Waals surface area contributed by atoms with Crippen LogP contribution in [0.25, 0.3) is 0 Å². The largest absolute Gasteiger partial charge is 0.372 e. The van der Waals surface area contributed by atoms with Crippen molar-refractivity contribution in [3.8, 4) is 0 Å². The van der Waals surface area contributed by atoms with Crippen LogP contribution < -0.4 is 5.32 Å². The highest BCUT2D eigenvalue weighted by atomic mass is 16.5. The van der Waals surface area contributed by atoms with Gasteiger partial charge < -0.3 is 10.1 Å². The van der Waals surface area contributed by atoms with Crippen molar-refractivity contribution in [3.63, 3.8) is 0 Å². The van der Waals surface area contributed by atoms with E-state index in [0.29, 0.717) is 6.04 Å². The van der Waals surface area contributed by atoms with E-state index >= 15 is 0 Å². The lowest BCUT2D eigenvalue weighted by molar-refractivity contribution is 0.134. The van der Waals surface area contributed by atoms with Crippen molar-refractivity contribution in [3.05, 3.63) is 70.3 Å². The Bertz CT molecular complexity index is 606. The monoisotopic (exact) mass is 267 g/mol. The summed E-state index contributed by atoms with van der Waals surface area (Å²) in [6, 6.07) is 15.7. The van der Waals surface area contributed by atoms with E-state index in [-0.39, 0.29) is 0 Å². The molecule has 0 aliphatic carbocycles. The zero-order valence-corrected chi connectivity index (χ0v) is 12.1. The summed E-state index contributed by atoms with van der Waals surface area (Å²) in [5.74, 6) is 0. The molecule has 0 amide bonds. The molecule has 0 saturated heterocycles. The van der Waals surface area contributed by atoms with Crippen LogP contribution in [0.2, 0.25) is 0 Å². The quantitative estimate of drug-likeness (QED) is 0.915. The third-order valence-corrected chi connectivity index (χ3v) is 4.18. The van der Waals surface area contributed by atoms with E-state index in [0.717, 1.165) is 19.6 Å². The van der Waals surface area contributed by atoms with E-state index in [9.17, 15) is 0 Å². The molecule has 2 aromatic carbocycles. The molecule has 0 bridgehead atoms. The highest BCUT2D eigenvalue weighted by molar-refractivity contribution is 5.36. The Morgan fingerprint density at radius 3 is 2.70 bits per heavy atom.